The molecule has 1 aromatic rings. The van der Waals surface area contributed by atoms with E-state index in [0.29, 0.717) is 16.3 Å². The molecule has 5 heteroatoms. The Morgan fingerprint density at radius 2 is 2.06 bits per heavy atom. The molecule has 0 spiro atoms. The molecule has 1 aliphatic heterocycles. The van der Waals surface area contributed by atoms with Crippen LogP contribution in [0.15, 0.2) is 18.2 Å². The van der Waals surface area contributed by atoms with Gasteiger partial charge in [-0.3, -0.25) is 0 Å². The average Bonchev–Trinajstić information content (AvgIpc) is 2.31. The lowest BCUT2D eigenvalue weighted by Crippen LogP contribution is -2.34. The first-order chi connectivity index (χ1) is 7.81. The molecule has 0 atom stereocenters. The number of hydrogen-bond acceptors (Lipinski definition) is 3. The first-order valence-corrected chi connectivity index (χ1v) is 5.75. The molecule has 0 amide bonds. The Morgan fingerprint density at radius 3 is 2.71 bits per heavy atom. The standard InChI is InChI=1S/C12H13ClN2O.ClH/c13-11-2-1-3-12(10(11)8-14)16-9-4-6-15-7-5-9;/h1-3,9,15H,4-7H2;1H. The van der Waals surface area contributed by atoms with Crippen LogP contribution in [0.3, 0.4) is 0 Å². The number of nitrogens with zero attached hydrogens (tertiary/aromatic N) is 1. The highest BCUT2D eigenvalue weighted by atomic mass is 35.5. The zero-order valence-corrected chi connectivity index (χ0v) is 10.9. The number of nitriles is 1. The number of benzene rings is 1. The second-order valence-corrected chi connectivity index (χ2v) is 4.20. The van der Waals surface area contributed by atoms with E-state index in [0.717, 1.165) is 25.9 Å². The number of hydrogen-bond donors (Lipinski definition) is 1. The minimum Gasteiger partial charge on any atom is -0.489 e. The van der Waals surface area contributed by atoms with Crippen molar-refractivity contribution >= 4 is 24.0 Å². The van der Waals surface area contributed by atoms with Crippen LogP contribution in [0.4, 0.5) is 0 Å². The van der Waals surface area contributed by atoms with Crippen LogP contribution in [0.5, 0.6) is 5.75 Å². The smallest absolute Gasteiger partial charge is 0.139 e. The summed E-state index contributed by atoms with van der Waals surface area (Å²) in [5.74, 6) is 0.599. The summed E-state index contributed by atoms with van der Waals surface area (Å²) < 4.78 is 5.81. The lowest BCUT2D eigenvalue weighted by atomic mass is 10.1. The van der Waals surface area contributed by atoms with Gasteiger partial charge in [-0.05, 0) is 38.1 Å². The molecule has 17 heavy (non-hydrogen) atoms. The molecule has 1 saturated heterocycles. The highest BCUT2D eigenvalue weighted by Gasteiger charge is 2.16. The number of halogens is 2. The summed E-state index contributed by atoms with van der Waals surface area (Å²) in [5.41, 5.74) is 0.433. The normalized spacial score (nSPS) is 15.8. The number of piperidine rings is 1. The van der Waals surface area contributed by atoms with Crippen molar-refractivity contribution in [1.82, 2.24) is 5.32 Å². The highest BCUT2D eigenvalue weighted by Crippen LogP contribution is 2.27. The fourth-order valence-electron chi connectivity index (χ4n) is 1.80. The van der Waals surface area contributed by atoms with Crippen molar-refractivity contribution in [2.75, 3.05) is 13.1 Å². The molecule has 0 aromatic heterocycles. The zero-order valence-electron chi connectivity index (χ0n) is 9.28. The molecular weight excluding hydrogens is 259 g/mol. The number of rotatable bonds is 2. The van der Waals surface area contributed by atoms with E-state index >= 15 is 0 Å². The quantitative estimate of drug-likeness (QED) is 0.901. The molecule has 0 bridgehead atoms. The average molecular weight is 273 g/mol. The van der Waals surface area contributed by atoms with Gasteiger partial charge in [-0.15, -0.1) is 12.4 Å². The molecule has 0 unspecified atom stereocenters. The molecule has 1 N–H and O–H groups in total. The van der Waals surface area contributed by atoms with Gasteiger partial charge in [0.1, 0.15) is 23.5 Å². The molecule has 92 valence electrons. The summed E-state index contributed by atoms with van der Waals surface area (Å²) in [6, 6.07) is 7.39. The largest absolute Gasteiger partial charge is 0.489 e. The van der Waals surface area contributed by atoms with Gasteiger partial charge < -0.3 is 10.1 Å². The molecular formula is C12H14Cl2N2O. The maximum absolute atomic E-state index is 9.00. The van der Waals surface area contributed by atoms with Gasteiger partial charge >= 0.3 is 0 Å². The second-order valence-electron chi connectivity index (χ2n) is 3.79. The van der Waals surface area contributed by atoms with E-state index in [1.807, 2.05) is 0 Å². The van der Waals surface area contributed by atoms with Crippen LogP contribution in [0.25, 0.3) is 0 Å². The maximum Gasteiger partial charge on any atom is 0.139 e. The Balaban J connectivity index is 0.00000144. The molecule has 1 aliphatic rings. The molecule has 1 aromatic carbocycles. The van der Waals surface area contributed by atoms with Crippen LogP contribution in [0.1, 0.15) is 18.4 Å². The summed E-state index contributed by atoms with van der Waals surface area (Å²) in [6.45, 7) is 1.93. The molecule has 2 rings (SSSR count). The van der Waals surface area contributed by atoms with Crippen LogP contribution in [0, 0.1) is 11.3 Å². The fourth-order valence-corrected chi connectivity index (χ4v) is 2.01. The van der Waals surface area contributed by atoms with Crippen molar-refractivity contribution in [3.05, 3.63) is 28.8 Å². The Hall–Kier alpha value is -0.950. The molecule has 1 heterocycles. The van der Waals surface area contributed by atoms with Crippen molar-refractivity contribution in [3.8, 4) is 11.8 Å². The van der Waals surface area contributed by atoms with Crippen LogP contribution in [0.2, 0.25) is 5.02 Å². The van der Waals surface area contributed by atoms with Crippen molar-refractivity contribution in [3.63, 3.8) is 0 Å². The van der Waals surface area contributed by atoms with Crippen LogP contribution in [-0.2, 0) is 0 Å². The minimum absolute atomic E-state index is 0. The summed E-state index contributed by atoms with van der Waals surface area (Å²) >= 11 is 5.93. The number of nitrogens with one attached hydrogen (secondary N) is 1. The molecule has 0 aliphatic carbocycles. The predicted molar refractivity (Wildman–Crippen MR) is 69.9 cm³/mol. The van der Waals surface area contributed by atoms with Gasteiger partial charge in [-0.25, -0.2) is 0 Å². The zero-order chi connectivity index (χ0) is 11.4. The fraction of sp³-hybridized carbons (Fsp3) is 0.417. The second kappa shape index (κ2) is 6.70. The minimum atomic E-state index is 0. The Kier molecular flexibility index (Phi) is 5.57. The van der Waals surface area contributed by atoms with Gasteiger partial charge in [-0.2, -0.15) is 5.26 Å². The Bertz CT molecular complexity index is 411. The van der Waals surface area contributed by atoms with Gasteiger partial charge in [0.25, 0.3) is 0 Å². The third-order valence-corrected chi connectivity index (χ3v) is 2.98. The van der Waals surface area contributed by atoms with Crippen molar-refractivity contribution in [2.24, 2.45) is 0 Å². The Morgan fingerprint density at radius 1 is 1.35 bits per heavy atom. The maximum atomic E-state index is 9.00. The van der Waals surface area contributed by atoms with E-state index < -0.39 is 0 Å². The topological polar surface area (TPSA) is 45.0 Å². The molecule has 3 nitrogen and oxygen atoms in total. The third kappa shape index (κ3) is 3.50. The van der Waals surface area contributed by atoms with Gasteiger partial charge in [0.15, 0.2) is 0 Å². The monoisotopic (exact) mass is 272 g/mol. The van der Waals surface area contributed by atoms with Gasteiger partial charge in [0, 0.05) is 0 Å². The number of ether oxygens (including phenoxy) is 1. The van der Waals surface area contributed by atoms with Gasteiger partial charge in [-0.1, -0.05) is 17.7 Å². The van der Waals surface area contributed by atoms with Crippen molar-refractivity contribution in [2.45, 2.75) is 18.9 Å². The Labute approximate surface area is 112 Å². The lowest BCUT2D eigenvalue weighted by Gasteiger charge is -2.24. The summed E-state index contributed by atoms with van der Waals surface area (Å²) in [4.78, 5) is 0. The first-order valence-electron chi connectivity index (χ1n) is 5.37. The summed E-state index contributed by atoms with van der Waals surface area (Å²) in [6.07, 6.45) is 2.13. The van der Waals surface area contributed by atoms with Gasteiger partial charge in [0.2, 0.25) is 0 Å². The van der Waals surface area contributed by atoms with E-state index in [4.69, 9.17) is 21.6 Å². The van der Waals surface area contributed by atoms with Gasteiger partial charge in [0.05, 0.1) is 5.02 Å². The van der Waals surface area contributed by atoms with Crippen LogP contribution in [-0.4, -0.2) is 19.2 Å². The van der Waals surface area contributed by atoms with Crippen molar-refractivity contribution in [1.29, 1.82) is 5.26 Å². The van der Waals surface area contributed by atoms with E-state index in [-0.39, 0.29) is 18.5 Å². The van der Waals surface area contributed by atoms with E-state index in [1.54, 1.807) is 18.2 Å². The summed E-state index contributed by atoms with van der Waals surface area (Å²) in [7, 11) is 0. The van der Waals surface area contributed by atoms with Crippen LogP contribution >= 0.6 is 24.0 Å². The van der Waals surface area contributed by atoms with E-state index in [2.05, 4.69) is 11.4 Å². The van der Waals surface area contributed by atoms with Crippen molar-refractivity contribution < 1.29 is 4.74 Å². The highest BCUT2D eigenvalue weighted by molar-refractivity contribution is 6.31. The lowest BCUT2D eigenvalue weighted by molar-refractivity contribution is 0.162. The third-order valence-electron chi connectivity index (χ3n) is 2.67. The molecule has 0 radical (unpaired) electrons. The molecule has 1 fully saturated rings. The SMILES string of the molecule is Cl.N#Cc1c(Cl)cccc1OC1CCNCC1. The predicted octanol–water partition coefficient (Wildman–Crippen LogP) is 2.76. The van der Waals surface area contributed by atoms with Crippen LogP contribution < -0.4 is 10.1 Å². The first kappa shape index (κ1) is 14.1. The van der Waals surface area contributed by atoms with E-state index in [9.17, 15) is 0 Å². The molecule has 0 saturated carbocycles. The summed E-state index contributed by atoms with van der Waals surface area (Å²) in [5, 5.41) is 12.7. The van der Waals surface area contributed by atoms with E-state index in [1.165, 1.54) is 0 Å².